The Labute approximate surface area is 126 Å². The van der Waals surface area contributed by atoms with Gasteiger partial charge in [0.1, 0.15) is 23.4 Å². The summed E-state index contributed by atoms with van der Waals surface area (Å²) in [4.78, 5) is 19.3. The number of rotatable bonds is 2. The zero-order valence-corrected chi connectivity index (χ0v) is 12.0. The summed E-state index contributed by atoms with van der Waals surface area (Å²) in [7, 11) is 0. The number of nitriles is 1. The topological polar surface area (TPSA) is 78.7 Å². The number of aromatic nitrogens is 2. The predicted octanol–water partition coefficient (Wildman–Crippen LogP) is 3.16. The summed E-state index contributed by atoms with van der Waals surface area (Å²) in [6.07, 6.45) is 0. The van der Waals surface area contributed by atoms with Crippen LogP contribution < -0.4 is 5.32 Å². The Hall–Kier alpha value is -2.04. The molecule has 0 bridgehead atoms. The molecule has 0 atom stereocenters. The monoisotopic (exact) mass is 354 g/mol. The molecule has 1 heterocycles. The lowest BCUT2D eigenvalue weighted by Gasteiger charge is -2.06. The summed E-state index contributed by atoms with van der Waals surface area (Å²) < 4.78 is 14.1. The van der Waals surface area contributed by atoms with E-state index >= 15 is 0 Å². The molecule has 0 fully saturated rings. The maximum atomic E-state index is 13.6. The minimum atomic E-state index is -0.700. The zero-order valence-electron chi connectivity index (χ0n) is 9.69. The molecule has 1 aromatic heterocycles. The number of hydrogen-bond acceptors (Lipinski definition) is 4. The first-order chi connectivity index (χ1) is 9.49. The average Bonchev–Trinajstić information content (AvgIpc) is 2.37. The fraction of sp³-hybridized carbons (Fsp3) is 0. The van der Waals surface area contributed by atoms with Gasteiger partial charge in [-0.2, -0.15) is 5.26 Å². The van der Waals surface area contributed by atoms with Crippen molar-refractivity contribution in [2.75, 3.05) is 5.32 Å². The number of benzene rings is 1. The first kappa shape index (κ1) is 14.4. The molecule has 2 aromatic rings. The molecule has 1 amide bonds. The number of carbonyl (C=O) groups is 1. The zero-order chi connectivity index (χ0) is 14.7. The minimum Gasteiger partial charge on any atom is -0.306 e. The Bertz CT molecular complexity index is 732. The lowest BCUT2D eigenvalue weighted by molar-refractivity contribution is 0.102. The van der Waals surface area contributed by atoms with Crippen LogP contribution in [-0.2, 0) is 0 Å². The van der Waals surface area contributed by atoms with Crippen LogP contribution in [0.4, 0.5) is 10.2 Å². The lowest BCUT2D eigenvalue weighted by Crippen LogP contribution is -2.15. The van der Waals surface area contributed by atoms with Crippen molar-refractivity contribution < 1.29 is 9.18 Å². The van der Waals surface area contributed by atoms with Gasteiger partial charge in [0.05, 0.1) is 5.56 Å². The molecule has 1 N–H and O–H groups in total. The molecule has 5 nitrogen and oxygen atoms in total. The van der Waals surface area contributed by atoms with E-state index in [4.69, 9.17) is 16.9 Å². The highest BCUT2D eigenvalue weighted by atomic mass is 79.9. The fourth-order valence-electron chi connectivity index (χ4n) is 1.40. The van der Waals surface area contributed by atoms with Gasteiger partial charge in [0.15, 0.2) is 0 Å². The first-order valence-electron chi connectivity index (χ1n) is 5.20. The fourth-order valence-corrected chi connectivity index (χ4v) is 1.91. The van der Waals surface area contributed by atoms with Crippen LogP contribution in [0.25, 0.3) is 0 Å². The van der Waals surface area contributed by atoms with Crippen molar-refractivity contribution in [2.24, 2.45) is 0 Å². The number of nitrogens with zero attached hydrogens (tertiary/aromatic N) is 3. The van der Waals surface area contributed by atoms with Crippen LogP contribution in [0.15, 0.2) is 28.7 Å². The molecule has 0 aliphatic heterocycles. The molecule has 0 spiro atoms. The van der Waals surface area contributed by atoms with E-state index in [1.165, 1.54) is 24.3 Å². The first-order valence-corrected chi connectivity index (χ1v) is 6.38. The predicted molar refractivity (Wildman–Crippen MR) is 73.8 cm³/mol. The van der Waals surface area contributed by atoms with Gasteiger partial charge in [0, 0.05) is 10.5 Å². The van der Waals surface area contributed by atoms with E-state index in [1.807, 2.05) is 0 Å². The number of amides is 1. The maximum absolute atomic E-state index is 13.6. The standard InChI is InChI=1S/C12H5BrClFN4O/c13-6-1-2-8(9(15)3-6)11(20)18-10-4-7(5-16)17-12(14)19-10/h1-4H,(H,17,18,19,20). The van der Waals surface area contributed by atoms with Crippen LogP contribution in [0.3, 0.4) is 0 Å². The second kappa shape index (κ2) is 5.94. The van der Waals surface area contributed by atoms with Crippen molar-refractivity contribution >= 4 is 39.3 Å². The molecule has 0 unspecified atom stereocenters. The van der Waals surface area contributed by atoms with Gasteiger partial charge in [0.2, 0.25) is 5.28 Å². The van der Waals surface area contributed by atoms with Crippen LogP contribution in [0.1, 0.15) is 16.1 Å². The average molecular weight is 356 g/mol. The number of hydrogen-bond donors (Lipinski definition) is 1. The molecule has 0 saturated heterocycles. The number of carbonyl (C=O) groups excluding carboxylic acids is 1. The van der Waals surface area contributed by atoms with Crippen LogP contribution >= 0.6 is 27.5 Å². The van der Waals surface area contributed by atoms with Crippen molar-refractivity contribution in [3.63, 3.8) is 0 Å². The quantitative estimate of drug-likeness (QED) is 0.839. The van der Waals surface area contributed by atoms with E-state index in [0.717, 1.165) is 0 Å². The van der Waals surface area contributed by atoms with Gasteiger partial charge in [-0.25, -0.2) is 14.4 Å². The Balaban J connectivity index is 2.28. The molecule has 0 saturated carbocycles. The van der Waals surface area contributed by atoms with Gasteiger partial charge < -0.3 is 5.32 Å². The van der Waals surface area contributed by atoms with Crippen molar-refractivity contribution in [3.05, 3.63) is 51.1 Å². The normalized spacial score (nSPS) is 9.90. The smallest absolute Gasteiger partial charge is 0.259 e. The third kappa shape index (κ3) is 3.29. The molecule has 100 valence electrons. The summed E-state index contributed by atoms with van der Waals surface area (Å²) in [6.45, 7) is 0. The molecule has 0 aliphatic carbocycles. The van der Waals surface area contributed by atoms with Gasteiger partial charge in [-0.3, -0.25) is 4.79 Å². The summed E-state index contributed by atoms with van der Waals surface area (Å²) in [5.41, 5.74) is -0.155. The Morgan fingerprint density at radius 3 is 2.80 bits per heavy atom. The van der Waals surface area contributed by atoms with Gasteiger partial charge in [0.25, 0.3) is 5.91 Å². The third-order valence-corrected chi connectivity index (χ3v) is 2.89. The Morgan fingerprint density at radius 2 is 2.15 bits per heavy atom. The lowest BCUT2D eigenvalue weighted by atomic mass is 10.2. The second-order valence-corrected chi connectivity index (χ2v) is 4.85. The highest BCUT2D eigenvalue weighted by molar-refractivity contribution is 9.10. The number of halogens is 3. The largest absolute Gasteiger partial charge is 0.306 e. The Kier molecular flexibility index (Phi) is 4.27. The summed E-state index contributed by atoms with van der Waals surface area (Å²) in [5, 5.41) is 10.9. The van der Waals surface area contributed by atoms with Crippen molar-refractivity contribution in [2.45, 2.75) is 0 Å². The highest BCUT2D eigenvalue weighted by Crippen LogP contribution is 2.17. The van der Waals surface area contributed by atoms with Gasteiger partial charge >= 0.3 is 0 Å². The van der Waals surface area contributed by atoms with Crippen molar-refractivity contribution in [1.82, 2.24) is 9.97 Å². The van der Waals surface area contributed by atoms with Crippen LogP contribution in [0.5, 0.6) is 0 Å². The molecular formula is C12H5BrClFN4O. The summed E-state index contributed by atoms with van der Waals surface area (Å²) in [6, 6.07) is 7.03. The number of anilines is 1. The van der Waals surface area contributed by atoms with Gasteiger partial charge in [-0.15, -0.1) is 0 Å². The Morgan fingerprint density at radius 1 is 1.40 bits per heavy atom. The molecule has 8 heteroatoms. The van der Waals surface area contributed by atoms with E-state index in [0.29, 0.717) is 4.47 Å². The minimum absolute atomic E-state index is 0.00317. The van der Waals surface area contributed by atoms with Crippen molar-refractivity contribution in [3.8, 4) is 6.07 Å². The van der Waals surface area contributed by atoms with Crippen LogP contribution in [-0.4, -0.2) is 15.9 Å². The molecule has 1 aromatic carbocycles. The highest BCUT2D eigenvalue weighted by Gasteiger charge is 2.13. The van der Waals surface area contributed by atoms with Crippen molar-refractivity contribution in [1.29, 1.82) is 5.26 Å². The van der Waals surface area contributed by atoms with E-state index in [1.54, 1.807) is 6.07 Å². The van der Waals surface area contributed by atoms with E-state index in [9.17, 15) is 9.18 Å². The second-order valence-electron chi connectivity index (χ2n) is 3.60. The summed E-state index contributed by atoms with van der Waals surface area (Å²) >= 11 is 8.70. The van der Waals surface area contributed by atoms with Gasteiger partial charge in [-0.1, -0.05) is 15.9 Å². The van der Waals surface area contributed by atoms with E-state index < -0.39 is 11.7 Å². The number of nitrogens with one attached hydrogen (secondary N) is 1. The SMILES string of the molecule is N#Cc1cc(NC(=O)c2ccc(Br)cc2F)nc(Cl)n1. The molecule has 0 radical (unpaired) electrons. The third-order valence-electron chi connectivity index (χ3n) is 2.23. The van der Waals surface area contributed by atoms with Gasteiger partial charge in [-0.05, 0) is 29.8 Å². The molecule has 0 aliphatic rings. The molecule has 2 rings (SSSR count). The van der Waals surface area contributed by atoms with Crippen LogP contribution in [0.2, 0.25) is 5.28 Å². The summed E-state index contributed by atoms with van der Waals surface area (Å²) in [5.74, 6) is -1.36. The maximum Gasteiger partial charge on any atom is 0.259 e. The van der Waals surface area contributed by atoms with E-state index in [-0.39, 0.29) is 22.4 Å². The molecule has 20 heavy (non-hydrogen) atoms. The molecular weight excluding hydrogens is 351 g/mol. The van der Waals surface area contributed by atoms with E-state index in [2.05, 4.69) is 31.2 Å². The van der Waals surface area contributed by atoms with Crippen LogP contribution in [0, 0.1) is 17.1 Å².